The molecule has 2 fully saturated rings. The minimum atomic E-state index is -1.81. The number of aliphatic hydroxyl groups is 1. The van der Waals surface area contributed by atoms with Crippen molar-refractivity contribution in [2.24, 2.45) is 0 Å². The Balaban J connectivity index is 1.68. The molecular formula is C31H33N3O6. The van der Waals surface area contributed by atoms with E-state index in [4.69, 9.17) is 9.47 Å². The van der Waals surface area contributed by atoms with E-state index in [9.17, 15) is 19.5 Å². The number of Topliss-reactive ketones (excluding diaryl/α,β-unsaturated/α-hetero) is 1. The number of nitrogens with zero attached hydrogens (tertiary/aromatic N) is 3. The quantitative estimate of drug-likeness (QED) is 0.225. The van der Waals surface area contributed by atoms with Crippen LogP contribution in [0.5, 0.6) is 5.75 Å². The van der Waals surface area contributed by atoms with Gasteiger partial charge in [0, 0.05) is 43.9 Å². The van der Waals surface area contributed by atoms with Crippen molar-refractivity contribution in [3.05, 3.63) is 90.0 Å². The number of aliphatic hydroxyl groups excluding tert-OH is 1. The van der Waals surface area contributed by atoms with Gasteiger partial charge >= 0.3 is 0 Å². The van der Waals surface area contributed by atoms with Crippen molar-refractivity contribution in [3.8, 4) is 5.75 Å². The largest absolute Gasteiger partial charge is 0.507 e. The van der Waals surface area contributed by atoms with Gasteiger partial charge in [0.25, 0.3) is 17.6 Å². The number of anilines is 1. The number of hydrogen-bond donors (Lipinski definition) is 1. The summed E-state index contributed by atoms with van der Waals surface area (Å²) in [5, 5.41) is 11.7. The lowest BCUT2D eigenvalue weighted by molar-refractivity contribution is -0.144. The summed E-state index contributed by atoms with van der Waals surface area (Å²) in [4.78, 5) is 46.9. The van der Waals surface area contributed by atoms with Gasteiger partial charge in [-0.05, 0) is 36.8 Å². The minimum absolute atomic E-state index is 0.122. The topological polar surface area (TPSA) is 99.6 Å². The van der Waals surface area contributed by atoms with Crippen LogP contribution in [0.15, 0.2) is 73.3 Å². The molecule has 1 spiro atoms. The van der Waals surface area contributed by atoms with E-state index in [1.807, 2.05) is 6.92 Å². The number of benzene rings is 2. The fraction of sp³-hybridized carbons (Fsp3) is 0.323. The van der Waals surface area contributed by atoms with Crippen LogP contribution in [0.1, 0.15) is 16.7 Å². The number of hydrogen-bond acceptors (Lipinski definition) is 7. The Morgan fingerprint density at radius 3 is 2.52 bits per heavy atom. The molecule has 208 valence electrons. The van der Waals surface area contributed by atoms with Gasteiger partial charge < -0.3 is 24.4 Å². The predicted octanol–water partition coefficient (Wildman–Crippen LogP) is 3.00. The lowest BCUT2D eigenvalue weighted by Crippen LogP contribution is -2.54. The SMILES string of the molecule is C=CCOc1ccc(/C(O)=C2\C(=O)C(=O)N(CCN3CCOCC3)C23C(=O)N(CC=C)c2ccccc23)cc1C. The summed E-state index contributed by atoms with van der Waals surface area (Å²) in [5.41, 5.74) is 0.0287. The Bertz CT molecular complexity index is 1410. The van der Waals surface area contributed by atoms with Crippen LogP contribution in [-0.4, -0.2) is 85.0 Å². The molecule has 3 aliphatic rings. The van der Waals surface area contributed by atoms with E-state index in [2.05, 4.69) is 18.1 Å². The third-order valence-corrected chi connectivity index (χ3v) is 7.67. The monoisotopic (exact) mass is 543 g/mol. The third kappa shape index (κ3) is 4.31. The molecule has 0 bridgehead atoms. The fourth-order valence-electron chi connectivity index (χ4n) is 5.79. The van der Waals surface area contributed by atoms with E-state index >= 15 is 0 Å². The van der Waals surface area contributed by atoms with Crippen molar-refractivity contribution in [1.29, 1.82) is 0 Å². The molecule has 0 radical (unpaired) electrons. The molecule has 0 aromatic heterocycles. The van der Waals surface area contributed by atoms with Gasteiger partial charge in [-0.3, -0.25) is 19.3 Å². The van der Waals surface area contributed by atoms with E-state index < -0.39 is 28.9 Å². The molecule has 0 saturated carbocycles. The maximum atomic E-state index is 14.4. The van der Waals surface area contributed by atoms with E-state index in [0.29, 0.717) is 67.6 Å². The number of para-hydroxylation sites is 1. The van der Waals surface area contributed by atoms with E-state index in [1.54, 1.807) is 54.6 Å². The summed E-state index contributed by atoms with van der Waals surface area (Å²) in [6.45, 7) is 12.8. The van der Waals surface area contributed by atoms with E-state index in [-0.39, 0.29) is 18.7 Å². The summed E-state index contributed by atoms with van der Waals surface area (Å²) in [6.07, 6.45) is 3.22. The number of ether oxygens (including phenoxy) is 2. The number of fused-ring (bicyclic) bond motifs is 2. The molecule has 9 nitrogen and oxygen atoms in total. The number of amides is 2. The van der Waals surface area contributed by atoms with Crippen molar-refractivity contribution >= 4 is 29.0 Å². The molecule has 2 amide bonds. The molecular weight excluding hydrogens is 510 g/mol. The van der Waals surface area contributed by atoms with Crippen LogP contribution in [-0.2, 0) is 24.7 Å². The zero-order valence-electron chi connectivity index (χ0n) is 22.6. The van der Waals surface area contributed by atoms with Gasteiger partial charge in [-0.2, -0.15) is 0 Å². The number of carbonyl (C=O) groups is 3. The molecule has 9 heteroatoms. The summed E-state index contributed by atoms with van der Waals surface area (Å²) in [6, 6.07) is 12.1. The Morgan fingerprint density at radius 2 is 1.82 bits per heavy atom. The second kappa shape index (κ2) is 11.1. The lowest BCUT2D eigenvalue weighted by atomic mass is 9.81. The standard InChI is InChI=1S/C31H33N3O6/c1-4-12-33-24-9-7-6-8-23(24)31(30(33)38)26(27(35)22-10-11-25(21(3)20-22)40-17-5-2)28(36)29(37)34(31)14-13-32-15-18-39-19-16-32/h4-11,20,35H,1-2,12-19H2,3H3/b27-26-. The average molecular weight is 544 g/mol. The second-order valence-electron chi connectivity index (χ2n) is 9.98. The highest BCUT2D eigenvalue weighted by Gasteiger charge is 2.66. The molecule has 2 aromatic carbocycles. The summed E-state index contributed by atoms with van der Waals surface area (Å²) in [5.74, 6) is -2.00. The number of carbonyl (C=O) groups excluding carboxylic acids is 3. The van der Waals surface area contributed by atoms with Gasteiger partial charge in [0.2, 0.25) is 0 Å². The molecule has 40 heavy (non-hydrogen) atoms. The van der Waals surface area contributed by atoms with Gasteiger partial charge in [0.15, 0.2) is 5.54 Å². The van der Waals surface area contributed by atoms with Gasteiger partial charge in [-0.25, -0.2) is 0 Å². The first-order valence-electron chi connectivity index (χ1n) is 13.3. The van der Waals surface area contributed by atoms with Gasteiger partial charge in [-0.1, -0.05) is 36.9 Å². The highest BCUT2D eigenvalue weighted by Crippen LogP contribution is 2.53. The molecule has 1 unspecified atom stereocenters. The van der Waals surface area contributed by atoms with Crippen molar-refractivity contribution in [2.75, 3.05) is 57.4 Å². The number of morpholine rings is 1. The lowest BCUT2D eigenvalue weighted by Gasteiger charge is -2.36. The zero-order chi connectivity index (χ0) is 28.4. The van der Waals surface area contributed by atoms with Crippen molar-refractivity contribution < 1.29 is 29.0 Å². The van der Waals surface area contributed by atoms with Crippen LogP contribution in [0, 0.1) is 6.92 Å². The normalized spacial score (nSPS) is 22.2. The summed E-state index contributed by atoms with van der Waals surface area (Å²) in [7, 11) is 0. The van der Waals surface area contributed by atoms with E-state index in [0.717, 1.165) is 0 Å². The molecule has 1 N–H and O–H groups in total. The first kappa shape index (κ1) is 27.4. The Labute approximate surface area is 233 Å². The summed E-state index contributed by atoms with van der Waals surface area (Å²) >= 11 is 0. The van der Waals surface area contributed by atoms with Crippen molar-refractivity contribution in [2.45, 2.75) is 12.5 Å². The second-order valence-corrected chi connectivity index (χ2v) is 9.98. The van der Waals surface area contributed by atoms with Crippen LogP contribution >= 0.6 is 0 Å². The minimum Gasteiger partial charge on any atom is -0.507 e. The Kier molecular flexibility index (Phi) is 7.60. The Morgan fingerprint density at radius 1 is 1.07 bits per heavy atom. The molecule has 0 aliphatic carbocycles. The summed E-state index contributed by atoms with van der Waals surface area (Å²) < 4.78 is 11.1. The molecule has 2 saturated heterocycles. The number of aryl methyl sites for hydroxylation is 1. The van der Waals surface area contributed by atoms with Gasteiger partial charge in [0.05, 0.1) is 24.5 Å². The number of ketones is 1. The molecule has 1 atom stereocenters. The molecule has 3 heterocycles. The fourth-order valence-corrected chi connectivity index (χ4v) is 5.79. The molecule has 5 rings (SSSR count). The first-order valence-corrected chi connectivity index (χ1v) is 13.3. The first-order chi connectivity index (χ1) is 19.4. The van der Waals surface area contributed by atoms with Crippen molar-refractivity contribution in [3.63, 3.8) is 0 Å². The molecule has 3 aliphatic heterocycles. The van der Waals surface area contributed by atoms with Crippen LogP contribution < -0.4 is 9.64 Å². The zero-order valence-corrected chi connectivity index (χ0v) is 22.6. The third-order valence-electron chi connectivity index (χ3n) is 7.67. The van der Waals surface area contributed by atoms with Crippen molar-refractivity contribution in [1.82, 2.24) is 9.80 Å². The maximum Gasteiger partial charge on any atom is 0.296 e. The molecule has 2 aromatic rings. The smallest absolute Gasteiger partial charge is 0.296 e. The maximum absolute atomic E-state index is 14.4. The van der Waals surface area contributed by atoms with Crippen LogP contribution in [0.25, 0.3) is 5.76 Å². The highest BCUT2D eigenvalue weighted by atomic mass is 16.5. The Hall–Kier alpha value is -4.21. The van der Waals surface area contributed by atoms with Gasteiger partial charge in [-0.15, -0.1) is 6.58 Å². The van der Waals surface area contributed by atoms with Crippen LogP contribution in [0.4, 0.5) is 5.69 Å². The van der Waals surface area contributed by atoms with Crippen LogP contribution in [0.3, 0.4) is 0 Å². The van der Waals surface area contributed by atoms with E-state index in [1.165, 1.54) is 9.80 Å². The number of likely N-dealkylation sites (tertiary alicyclic amines) is 1. The van der Waals surface area contributed by atoms with Crippen LogP contribution in [0.2, 0.25) is 0 Å². The highest BCUT2D eigenvalue weighted by molar-refractivity contribution is 6.50. The van der Waals surface area contributed by atoms with Gasteiger partial charge in [0.1, 0.15) is 18.1 Å². The average Bonchev–Trinajstić information content (AvgIpc) is 3.34. The number of rotatable bonds is 9. The predicted molar refractivity (Wildman–Crippen MR) is 151 cm³/mol.